The second-order valence-electron chi connectivity index (χ2n) is 5.02. The molecular weight excluding hydrogens is 228 g/mol. The van der Waals surface area contributed by atoms with Crippen LogP contribution in [0.5, 0.6) is 0 Å². The molecule has 100 valence electrons. The molecule has 3 nitrogen and oxygen atoms in total. The van der Waals surface area contributed by atoms with Gasteiger partial charge in [0.2, 0.25) is 0 Å². The Morgan fingerprint density at radius 2 is 1.83 bits per heavy atom. The third-order valence-corrected chi connectivity index (χ3v) is 2.79. The molecule has 0 spiro atoms. The molecule has 0 saturated heterocycles. The van der Waals surface area contributed by atoms with E-state index in [0.29, 0.717) is 5.92 Å². The fourth-order valence-electron chi connectivity index (χ4n) is 1.99. The molecule has 0 aromatic heterocycles. The van der Waals surface area contributed by atoms with Gasteiger partial charge in [-0.05, 0) is 24.8 Å². The lowest BCUT2D eigenvalue weighted by Gasteiger charge is -2.19. The van der Waals surface area contributed by atoms with Gasteiger partial charge < -0.3 is 9.84 Å². The molecule has 0 aliphatic heterocycles. The smallest absolute Gasteiger partial charge is 0.316 e. The summed E-state index contributed by atoms with van der Waals surface area (Å²) < 4.78 is 5.37. The number of hydrogen-bond acceptors (Lipinski definition) is 3. The number of carbonyl (C=O) groups is 1. The zero-order chi connectivity index (χ0) is 13.5. The second-order valence-corrected chi connectivity index (χ2v) is 5.02. The maximum absolute atomic E-state index is 12.0. The Hall–Kier alpha value is -1.35. The molecule has 0 amide bonds. The molecule has 3 heteroatoms. The predicted molar refractivity (Wildman–Crippen MR) is 71.3 cm³/mol. The van der Waals surface area contributed by atoms with Gasteiger partial charge in [0.1, 0.15) is 5.92 Å². The number of aliphatic hydroxyl groups is 1. The Morgan fingerprint density at radius 3 is 2.33 bits per heavy atom. The highest BCUT2D eigenvalue weighted by molar-refractivity contribution is 5.78. The van der Waals surface area contributed by atoms with Crippen molar-refractivity contribution in [3.63, 3.8) is 0 Å². The van der Waals surface area contributed by atoms with E-state index >= 15 is 0 Å². The van der Waals surface area contributed by atoms with E-state index in [-0.39, 0.29) is 18.7 Å². The van der Waals surface area contributed by atoms with Crippen molar-refractivity contribution in [1.29, 1.82) is 0 Å². The van der Waals surface area contributed by atoms with Gasteiger partial charge in [-0.1, -0.05) is 44.2 Å². The Balaban J connectivity index is 2.63. The minimum Gasteiger partial charge on any atom is -0.462 e. The molecule has 1 aromatic rings. The van der Waals surface area contributed by atoms with Gasteiger partial charge in [-0.3, -0.25) is 4.79 Å². The quantitative estimate of drug-likeness (QED) is 0.790. The first kappa shape index (κ1) is 14.7. The van der Waals surface area contributed by atoms with Crippen LogP contribution in [0.4, 0.5) is 0 Å². The molecule has 1 rings (SSSR count). The van der Waals surface area contributed by atoms with Gasteiger partial charge in [-0.15, -0.1) is 0 Å². The van der Waals surface area contributed by atoms with E-state index in [1.54, 1.807) is 0 Å². The van der Waals surface area contributed by atoms with E-state index < -0.39 is 5.92 Å². The first-order valence-electron chi connectivity index (χ1n) is 6.41. The highest BCUT2D eigenvalue weighted by atomic mass is 16.5. The molecule has 1 N–H and O–H groups in total. The summed E-state index contributed by atoms with van der Waals surface area (Å²) in [5, 5.41) is 9.34. The summed E-state index contributed by atoms with van der Waals surface area (Å²) in [6, 6.07) is 9.24. The summed E-state index contributed by atoms with van der Waals surface area (Å²) in [4.78, 5) is 12.0. The average Bonchev–Trinajstić information content (AvgIpc) is 2.29. The number of esters is 1. The van der Waals surface area contributed by atoms with Crippen LogP contribution in [-0.2, 0) is 9.53 Å². The molecule has 18 heavy (non-hydrogen) atoms. The summed E-state index contributed by atoms with van der Waals surface area (Å²) in [5.74, 6) is -0.449. The van der Waals surface area contributed by atoms with Gasteiger partial charge in [0.25, 0.3) is 0 Å². The van der Waals surface area contributed by atoms with Crippen LogP contribution >= 0.6 is 0 Å². The van der Waals surface area contributed by atoms with Crippen molar-refractivity contribution in [3.05, 3.63) is 35.9 Å². The molecular formula is C15H22O3. The molecule has 2 atom stereocenters. The van der Waals surface area contributed by atoms with Gasteiger partial charge in [-0.25, -0.2) is 0 Å². The van der Waals surface area contributed by atoms with Crippen molar-refractivity contribution >= 4 is 5.97 Å². The fraction of sp³-hybridized carbons (Fsp3) is 0.533. The van der Waals surface area contributed by atoms with Gasteiger partial charge >= 0.3 is 5.97 Å². The van der Waals surface area contributed by atoms with Crippen LogP contribution in [0.3, 0.4) is 0 Å². The Labute approximate surface area is 109 Å². The standard InChI is InChI=1S/C15H22O3/c1-11(2)9-12(3)18-15(17)14(10-16)13-7-5-4-6-8-13/h4-8,11-12,14,16H,9-10H2,1-3H3. The number of aliphatic hydroxyl groups excluding tert-OH is 1. The molecule has 0 radical (unpaired) electrons. The number of rotatable bonds is 6. The molecule has 0 fully saturated rings. The van der Waals surface area contributed by atoms with E-state index in [1.807, 2.05) is 37.3 Å². The topological polar surface area (TPSA) is 46.5 Å². The highest BCUT2D eigenvalue weighted by Crippen LogP contribution is 2.18. The van der Waals surface area contributed by atoms with Gasteiger partial charge in [0.05, 0.1) is 12.7 Å². The summed E-state index contributed by atoms with van der Waals surface area (Å²) >= 11 is 0. The van der Waals surface area contributed by atoms with Crippen LogP contribution in [0, 0.1) is 5.92 Å². The normalized spacial score (nSPS) is 14.3. The lowest BCUT2D eigenvalue weighted by atomic mass is 10.00. The third kappa shape index (κ3) is 4.49. The molecule has 0 saturated carbocycles. The zero-order valence-corrected chi connectivity index (χ0v) is 11.3. The summed E-state index contributed by atoms with van der Waals surface area (Å²) in [6.07, 6.45) is 0.717. The lowest BCUT2D eigenvalue weighted by molar-refractivity contribution is -0.151. The molecule has 0 heterocycles. The van der Waals surface area contributed by atoms with Crippen molar-refractivity contribution in [2.45, 2.75) is 39.2 Å². The molecule has 0 bridgehead atoms. The van der Waals surface area contributed by atoms with Gasteiger partial charge in [0, 0.05) is 0 Å². The molecule has 2 unspecified atom stereocenters. The predicted octanol–water partition coefficient (Wildman–Crippen LogP) is 2.74. The molecule has 0 aliphatic carbocycles. The largest absolute Gasteiger partial charge is 0.462 e. The van der Waals surface area contributed by atoms with Gasteiger partial charge in [-0.2, -0.15) is 0 Å². The van der Waals surface area contributed by atoms with Crippen LogP contribution < -0.4 is 0 Å². The Morgan fingerprint density at radius 1 is 1.22 bits per heavy atom. The van der Waals surface area contributed by atoms with Crippen molar-refractivity contribution in [2.75, 3.05) is 6.61 Å². The number of carbonyl (C=O) groups excluding carboxylic acids is 1. The van der Waals surface area contributed by atoms with Crippen LogP contribution in [0.15, 0.2) is 30.3 Å². The van der Waals surface area contributed by atoms with E-state index in [0.717, 1.165) is 12.0 Å². The van der Waals surface area contributed by atoms with Crippen LogP contribution in [0.25, 0.3) is 0 Å². The molecule has 0 aliphatic rings. The van der Waals surface area contributed by atoms with E-state index in [9.17, 15) is 9.90 Å². The fourth-order valence-corrected chi connectivity index (χ4v) is 1.99. The van der Waals surface area contributed by atoms with E-state index in [1.165, 1.54) is 0 Å². The SMILES string of the molecule is CC(C)CC(C)OC(=O)C(CO)c1ccccc1. The van der Waals surface area contributed by atoms with Crippen molar-refractivity contribution in [2.24, 2.45) is 5.92 Å². The monoisotopic (exact) mass is 250 g/mol. The Bertz CT molecular complexity index is 359. The maximum Gasteiger partial charge on any atom is 0.316 e. The molecule has 1 aromatic carbocycles. The van der Waals surface area contributed by atoms with E-state index in [2.05, 4.69) is 13.8 Å². The van der Waals surface area contributed by atoms with Gasteiger partial charge in [0.15, 0.2) is 0 Å². The number of benzene rings is 1. The lowest BCUT2D eigenvalue weighted by Crippen LogP contribution is -2.24. The number of ether oxygens (including phenoxy) is 1. The van der Waals surface area contributed by atoms with Crippen molar-refractivity contribution in [3.8, 4) is 0 Å². The van der Waals surface area contributed by atoms with E-state index in [4.69, 9.17) is 4.74 Å². The first-order chi connectivity index (χ1) is 8.54. The Kier molecular flexibility index (Phi) is 5.86. The second kappa shape index (κ2) is 7.17. The van der Waals surface area contributed by atoms with Crippen LogP contribution in [-0.4, -0.2) is 23.8 Å². The summed E-state index contributed by atoms with van der Waals surface area (Å²) in [7, 11) is 0. The summed E-state index contributed by atoms with van der Waals surface area (Å²) in [6.45, 7) is 5.84. The van der Waals surface area contributed by atoms with Crippen molar-refractivity contribution in [1.82, 2.24) is 0 Å². The first-order valence-corrected chi connectivity index (χ1v) is 6.41. The van der Waals surface area contributed by atoms with Crippen LogP contribution in [0.1, 0.15) is 38.7 Å². The average molecular weight is 250 g/mol. The number of hydrogen-bond donors (Lipinski definition) is 1. The third-order valence-electron chi connectivity index (χ3n) is 2.79. The van der Waals surface area contributed by atoms with Crippen molar-refractivity contribution < 1.29 is 14.6 Å². The minimum absolute atomic E-state index is 0.115. The minimum atomic E-state index is -0.583. The zero-order valence-electron chi connectivity index (χ0n) is 11.3. The highest BCUT2D eigenvalue weighted by Gasteiger charge is 2.23. The van der Waals surface area contributed by atoms with Crippen LogP contribution in [0.2, 0.25) is 0 Å². The maximum atomic E-state index is 12.0. The summed E-state index contributed by atoms with van der Waals surface area (Å²) in [5.41, 5.74) is 0.793.